The van der Waals surface area contributed by atoms with E-state index in [1.807, 2.05) is 67.4 Å². The molecule has 2 aromatic heterocycles. The Labute approximate surface area is 152 Å². The molecule has 0 aliphatic rings. The number of aromatic nitrogens is 1. The molecule has 0 aliphatic carbocycles. The number of para-hydroxylation sites is 1. The number of nitrogens with zero attached hydrogens (tertiary/aromatic N) is 2. The number of nitrogens with one attached hydrogen (secondary N) is 1. The number of thiophene rings is 1. The van der Waals surface area contributed by atoms with Gasteiger partial charge in [-0.25, -0.2) is 4.98 Å². The van der Waals surface area contributed by atoms with Gasteiger partial charge in [0, 0.05) is 36.3 Å². The summed E-state index contributed by atoms with van der Waals surface area (Å²) in [5.74, 6) is 0.708. The molecule has 1 atom stereocenters. The Kier molecular flexibility index (Phi) is 5.46. The fourth-order valence-electron chi connectivity index (χ4n) is 2.59. The zero-order valence-electron chi connectivity index (χ0n) is 14.3. The van der Waals surface area contributed by atoms with Crippen LogP contribution < -0.4 is 10.2 Å². The lowest BCUT2D eigenvalue weighted by Crippen LogP contribution is -2.34. The third-order valence-corrected chi connectivity index (χ3v) is 4.86. The largest absolute Gasteiger partial charge is 0.349 e. The van der Waals surface area contributed by atoms with E-state index < -0.39 is 0 Å². The van der Waals surface area contributed by atoms with Gasteiger partial charge in [0.25, 0.3) is 5.91 Å². The molecule has 2 heterocycles. The van der Waals surface area contributed by atoms with E-state index >= 15 is 0 Å². The van der Waals surface area contributed by atoms with Crippen molar-refractivity contribution < 1.29 is 4.79 Å². The molecular weight excluding hydrogens is 330 g/mol. The molecule has 3 rings (SSSR count). The van der Waals surface area contributed by atoms with Crippen molar-refractivity contribution in [1.82, 2.24) is 10.3 Å². The van der Waals surface area contributed by atoms with Gasteiger partial charge in [-0.15, -0.1) is 11.3 Å². The highest BCUT2D eigenvalue weighted by Gasteiger charge is 2.12. The molecule has 0 saturated heterocycles. The molecule has 25 heavy (non-hydrogen) atoms. The van der Waals surface area contributed by atoms with Gasteiger partial charge in [-0.3, -0.25) is 4.79 Å². The van der Waals surface area contributed by atoms with Crippen molar-refractivity contribution >= 4 is 28.7 Å². The molecule has 4 nitrogen and oxygen atoms in total. The highest BCUT2D eigenvalue weighted by atomic mass is 32.1. The number of rotatable bonds is 6. The van der Waals surface area contributed by atoms with E-state index in [4.69, 9.17) is 0 Å². The van der Waals surface area contributed by atoms with Crippen LogP contribution in [0.1, 0.15) is 22.2 Å². The summed E-state index contributed by atoms with van der Waals surface area (Å²) in [6.07, 6.45) is 2.47. The fourth-order valence-corrected chi connectivity index (χ4v) is 3.43. The molecule has 5 heteroatoms. The number of carbonyl (C=O) groups is 1. The van der Waals surface area contributed by atoms with Crippen LogP contribution in [-0.2, 0) is 6.42 Å². The number of hydrogen-bond donors (Lipinski definition) is 1. The molecule has 0 bridgehead atoms. The van der Waals surface area contributed by atoms with Gasteiger partial charge < -0.3 is 10.2 Å². The van der Waals surface area contributed by atoms with Gasteiger partial charge >= 0.3 is 0 Å². The third kappa shape index (κ3) is 4.45. The molecule has 1 N–H and O–H groups in total. The maximum atomic E-state index is 12.4. The van der Waals surface area contributed by atoms with Crippen molar-refractivity contribution in [2.24, 2.45) is 0 Å². The van der Waals surface area contributed by atoms with Gasteiger partial charge in [0.2, 0.25) is 0 Å². The molecule has 0 aliphatic heterocycles. The topological polar surface area (TPSA) is 45.2 Å². The van der Waals surface area contributed by atoms with Crippen LogP contribution in [0.15, 0.2) is 66.2 Å². The lowest BCUT2D eigenvalue weighted by Gasteiger charge is -2.18. The third-order valence-electron chi connectivity index (χ3n) is 3.96. The summed E-state index contributed by atoms with van der Waals surface area (Å²) in [5, 5.41) is 5.08. The van der Waals surface area contributed by atoms with Gasteiger partial charge in [0.15, 0.2) is 0 Å². The number of amides is 1. The Hall–Kier alpha value is -2.66. The van der Waals surface area contributed by atoms with Crippen molar-refractivity contribution in [1.29, 1.82) is 0 Å². The monoisotopic (exact) mass is 351 g/mol. The number of anilines is 2. The Morgan fingerprint density at radius 2 is 1.96 bits per heavy atom. The molecular formula is C20H21N3OS. The van der Waals surface area contributed by atoms with E-state index in [0.29, 0.717) is 5.56 Å². The molecule has 1 aromatic carbocycles. The SMILES string of the molecule is CC(Cc1cccs1)NC(=O)c1ccc(N(C)c2ccccc2)nc1. The van der Waals surface area contributed by atoms with Crippen molar-refractivity contribution in [2.45, 2.75) is 19.4 Å². The Balaban J connectivity index is 1.62. The van der Waals surface area contributed by atoms with Crippen LogP contribution in [0.4, 0.5) is 11.5 Å². The van der Waals surface area contributed by atoms with Crippen LogP contribution in [0.3, 0.4) is 0 Å². The van der Waals surface area contributed by atoms with Crippen LogP contribution in [-0.4, -0.2) is 24.0 Å². The molecule has 1 unspecified atom stereocenters. The quantitative estimate of drug-likeness (QED) is 0.721. The van der Waals surface area contributed by atoms with Crippen molar-refractivity contribution in [2.75, 3.05) is 11.9 Å². The number of hydrogen-bond acceptors (Lipinski definition) is 4. The van der Waals surface area contributed by atoms with E-state index in [0.717, 1.165) is 17.9 Å². The average molecular weight is 351 g/mol. The molecule has 0 spiro atoms. The summed E-state index contributed by atoms with van der Waals surface area (Å²) in [6, 6.07) is 17.9. The Bertz CT molecular complexity index is 801. The molecule has 0 radical (unpaired) electrons. The van der Waals surface area contributed by atoms with Crippen LogP contribution >= 0.6 is 11.3 Å². The summed E-state index contributed by atoms with van der Waals surface area (Å²) in [4.78, 5) is 20.1. The first kappa shape index (κ1) is 17.2. The number of carbonyl (C=O) groups excluding carboxylic acids is 1. The van der Waals surface area contributed by atoms with Gasteiger partial charge in [-0.1, -0.05) is 24.3 Å². The summed E-state index contributed by atoms with van der Waals surface area (Å²) in [5.41, 5.74) is 1.63. The van der Waals surface area contributed by atoms with Gasteiger partial charge in [-0.2, -0.15) is 0 Å². The molecule has 0 saturated carbocycles. The fraction of sp³-hybridized carbons (Fsp3) is 0.200. The molecule has 128 valence electrons. The van der Waals surface area contributed by atoms with Crippen molar-refractivity contribution in [3.05, 3.63) is 76.6 Å². The minimum absolute atomic E-state index is 0.0813. The van der Waals surface area contributed by atoms with Crippen LogP contribution in [0.2, 0.25) is 0 Å². The lowest BCUT2D eigenvalue weighted by molar-refractivity contribution is 0.0940. The van der Waals surface area contributed by atoms with E-state index in [1.165, 1.54) is 4.88 Å². The average Bonchev–Trinajstić information content (AvgIpc) is 3.14. The highest BCUT2D eigenvalue weighted by molar-refractivity contribution is 7.09. The smallest absolute Gasteiger partial charge is 0.253 e. The minimum atomic E-state index is -0.0922. The molecule has 1 amide bonds. The number of pyridine rings is 1. The predicted molar refractivity (Wildman–Crippen MR) is 104 cm³/mol. The van der Waals surface area contributed by atoms with E-state index in [1.54, 1.807) is 17.5 Å². The Morgan fingerprint density at radius 1 is 1.16 bits per heavy atom. The van der Waals surface area contributed by atoms with E-state index in [9.17, 15) is 4.79 Å². The van der Waals surface area contributed by atoms with Crippen LogP contribution in [0.25, 0.3) is 0 Å². The van der Waals surface area contributed by atoms with Crippen molar-refractivity contribution in [3.63, 3.8) is 0 Å². The second kappa shape index (κ2) is 7.94. The second-order valence-corrected chi connectivity index (χ2v) is 6.99. The normalized spacial score (nSPS) is 11.8. The van der Waals surface area contributed by atoms with Gasteiger partial charge in [-0.05, 0) is 42.6 Å². The van der Waals surface area contributed by atoms with E-state index in [-0.39, 0.29) is 11.9 Å². The maximum absolute atomic E-state index is 12.4. The summed E-state index contributed by atoms with van der Waals surface area (Å²) in [7, 11) is 1.96. The lowest BCUT2D eigenvalue weighted by atomic mass is 10.2. The highest BCUT2D eigenvalue weighted by Crippen LogP contribution is 2.21. The first-order chi connectivity index (χ1) is 12.1. The zero-order chi connectivity index (χ0) is 17.6. The summed E-state index contributed by atoms with van der Waals surface area (Å²) >= 11 is 1.71. The zero-order valence-corrected chi connectivity index (χ0v) is 15.2. The summed E-state index contributed by atoms with van der Waals surface area (Å²) < 4.78 is 0. The summed E-state index contributed by atoms with van der Waals surface area (Å²) in [6.45, 7) is 2.02. The predicted octanol–water partition coefficient (Wildman–Crippen LogP) is 4.27. The number of benzene rings is 1. The van der Waals surface area contributed by atoms with Crippen LogP contribution in [0.5, 0.6) is 0 Å². The second-order valence-electron chi connectivity index (χ2n) is 5.96. The standard InChI is InChI=1S/C20H21N3OS/c1-15(13-18-9-6-12-25-18)22-20(24)16-10-11-19(21-14-16)23(2)17-7-4-3-5-8-17/h3-12,14-15H,13H2,1-2H3,(H,22,24). The van der Waals surface area contributed by atoms with Crippen molar-refractivity contribution in [3.8, 4) is 0 Å². The van der Waals surface area contributed by atoms with Gasteiger partial charge in [0.05, 0.1) is 5.56 Å². The Morgan fingerprint density at radius 3 is 2.60 bits per heavy atom. The van der Waals surface area contributed by atoms with Crippen LogP contribution in [0, 0.1) is 0 Å². The first-order valence-electron chi connectivity index (χ1n) is 8.21. The van der Waals surface area contributed by atoms with Gasteiger partial charge in [0.1, 0.15) is 5.82 Å². The minimum Gasteiger partial charge on any atom is -0.349 e. The molecule has 0 fully saturated rings. The molecule has 3 aromatic rings. The first-order valence-corrected chi connectivity index (χ1v) is 9.09. The van der Waals surface area contributed by atoms with E-state index in [2.05, 4.69) is 21.7 Å². The maximum Gasteiger partial charge on any atom is 0.253 e.